The normalized spacial score (nSPS) is 10.7. The Bertz CT molecular complexity index is 901. The first-order valence-corrected chi connectivity index (χ1v) is 7.43. The van der Waals surface area contributed by atoms with Crippen LogP contribution in [0.2, 0.25) is 0 Å². The maximum Gasteiger partial charge on any atom is 0.252 e. The van der Waals surface area contributed by atoms with E-state index in [0.29, 0.717) is 18.5 Å². The standard InChI is InChI=1S/C18H17N3O2/c1-21-16-8-3-2-7-14(16)15(12-17(21)22)18(23)20-11-9-13-6-4-5-10-19-13/h2-8,10,12H,9,11H2,1H3,(H,20,23). The van der Waals surface area contributed by atoms with Crippen LogP contribution in [0.1, 0.15) is 16.1 Å². The van der Waals surface area contributed by atoms with E-state index in [9.17, 15) is 9.59 Å². The van der Waals surface area contributed by atoms with Gasteiger partial charge in [-0.05, 0) is 18.2 Å². The lowest BCUT2D eigenvalue weighted by atomic mass is 10.1. The molecule has 0 aliphatic rings. The van der Waals surface area contributed by atoms with Crippen LogP contribution in [0.5, 0.6) is 0 Å². The number of benzene rings is 1. The molecule has 2 aromatic heterocycles. The first kappa shape index (κ1) is 15.0. The molecule has 0 unspecified atom stereocenters. The lowest BCUT2D eigenvalue weighted by Crippen LogP contribution is -2.28. The number of rotatable bonds is 4. The molecule has 3 aromatic rings. The molecule has 0 atom stereocenters. The molecule has 0 fully saturated rings. The third-order valence-corrected chi connectivity index (χ3v) is 3.79. The summed E-state index contributed by atoms with van der Waals surface area (Å²) in [7, 11) is 1.70. The smallest absolute Gasteiger partial charge is 0.252 e. The van der Waals surface area contributed by atoms with Gasteiger partial charge in [-0.2, -0.15) is 0 Å². The second-order valence-electron chi connectivity index (χ2n) is 5.30. The number of aromatic nitrogens is 2. The van der Waals surface area contributed by atoms with E-state index >= 15 is 0 Å². The van der Waals surface area contributed by atoms with E-state index < -0.39 is 0 Å². The summed E-state index contributed by atoms with van der Waals surface area (Å²) >= 11 is 0. The van der Waals surface area contributed by atoms with Gasteiger partial charge in [-0.1, -0.05) is 24.3 Å². The Kier molecular flexibility index (Phi) is 4.19. The van der Waals surface area contributed by atoms with E-state index in [0.717, 1.165) is 16.6 Å². The van der Waals surface area contributed by atoms with Gasteiger partial charge in [0, 0.05) is 43.4 Å². The highest BCUT2D eigenvalue weighted by Crippen LogP contribution is 2.16. The van der Waals surface area contributed by atoms with Gasteiger partial charge in [-0.15, -0.1) is 0 Å². The predicted molar refractivity (Wildman–Crippen MR) is 89.5 cm³/mol. The SMILES string of the molecule is Cn1c(=O)cc(C(=O)NCCc2ccccn2)c2ccccc21. The lowest BCUT2D eigenvalue weighted by molar-refractivity contribution is 0.0955. The van der Waals surface area contributed by atoms with Gasteiger partial charge in [0.25, 0.3) is 11.5 Å². The van der Waals surface area contributed by atoms with Gasteiger partial charge in [-0.25, -0.2) is 0 Å². The molecule has 1 N–H and O–H groups in total. The molecule has 5 heteroatoms. The summed E-state index contributed by atoms with van der Waals surface area (Å²) in [4.78, 5) is 28.7. The Morgan fingerprint density at radius 2 is 1.96 bits per heavy atom. The number of hydrogen-bond acceptors (Lipinski definition) is 3. The Morgan fingerprint density at radius 1 is 1.17 bits per heavy atom. The Balaban J connectivity index is 1.81. The number of carbonyl (C=O) groups excluding carboxylic acids is 1. The quantitative estimate of drug-likeness (QED) is 0.801. The number of pyridine rings is 2. The van der Waals surface area contributed by atoms with Gasteiger partial charge in [-0.3, -0.25) is 14.6 Å². The van der Waals surface area contributed by atoms with Crippen molar-refractivity contribution in [2.24, 2.45) is 7.05 Å². The molecule has 1 amide bonds. The maximum atomic E-state index is 12.4. The average molecular weight is 307 g/mol. The number of nitrogens with zero attached hydrogens (tertiary/aromatic N) is 2. The number of hydrogen-bond donors (Lipinski definition) is 1. The van der Waals surface area contributed by atoms with Crippen LogP contribution in [0.25, 0.3) is 10.9 Å². The summed E-state index contributed by atoms with van der Waals surface area (Å²) in [6.45, 7) is 0.472. The molecule has 2 heterocycles. The Morgan fingerprint density at radius 3 is 2.74 bits per heavy atom. The molecular weight excluding hydrogens is 290 g/mol. The monoisotopic (exact) mass is 307 g/mol. The molecule has 0 aliphatic heterocycles. The van der Waals surface area contributed by atoms with Gasteiger partial charge >= 0.3 is 0 Å². The van der Waals surface area contributed by atoms with Crippen LogP contribution in [0.15, 0.2) is 59.5 Å². The van der Waals surface area contributed by atoms with Crippen LogP contribution in [0, 0.1) is 0 Å². The van der Waals surface area contributed by atoms with Crippen molar-refractivity contribution in [2.75, 3.05) is 6.54 Å². The van der Waals surface area contributed by atoms with E-state index in [2.05, 4.69) is 10.3 Å². The molecule has 0 aliphatic carbocycles. The minimum absolute atomic E-state index is 0.196. The van der Waals surface area contributed by atoms with Crippen molar-refractivity contribution in [3.8, 4) is 0 Å². The molecule has 1 aromatic carbocycles. The van der Waals surface area contributed by atoms with Gasteiger partial charge < -0.3 is 9.88 Å². The number of carbonyl (C=O) groups is 1. The van der Waals surface area contributed by atoms with E-state index in [4.69, 9.17) is 0 Å². The highest BCUT2D eigenvalue weighted by Gasteiger charge is 2.12. The van der Waals surface area contributed by atoms with Gasteiger partial charge in [0.05, 0.1) is 11.1 Å². The molecule has 116 valence electrons. The molecule has 0 spiro atoms. The van der Waals surface area contributed by atoms with Crippen LogP contribution < -0.4 is 10.9 Å². The highest BCUT2D eigenvalue weighted by molar-refractivity contribution is 6.06. The molecule has 0 bridgehead atoms. The van der Waals surface area contributed by atoms with Crippen molar-refractivity contribution in [3.63, 3.8) is 0 Å². The van der Waals surface area contributed by atoms with Crippen LogP contribution in [0.3, 0.4) is 0 Å². The van der Waals surface area contributed by atoms with E-state index in [1.807, 2.05) is 42.5 Å². The van der Waals surface area contributed by atoms with Crippen LogP contribution in [0.4, 0.5) is 0 Å². The van der Waals surface area contributed by atoms with Crippen LogP contribution >= 0.6 is 0 Å². The van der Waals surface area contributed by atoms with Gasteiger partial charge in [0.2, 0.25) is 0 Å². The fourth-order valence-electron chi connectivity index (χ4n) is 2.54. The third-order valence-electron chi connectivity index (χ3n) is 3.79. The number of fused-ring (bicyclic) bond motifs is 1. The maximum absolute atomic E-state index is 12.4. The number of nitrogens with one attached hydrogen (secondary N) is 1. The number of aryl methyl sites for hydroxylation is 1. The van der Waals surface area contributed by atoms with E-state index in [1.165, 1.54) is 6.07 Å². The summed E-state index contributed by atoms with van der Waals surface area (Å²) in [6, 6.07) is 14.5. The molecule has 0 radical (unpaired) electrons. The fourth-order valence-corrected chi connectivity index (χ4v) is 2.54. The summed E-state index contributed by atoms with van der Waals surface area (Å²) < 4.78 is 1.54. The largest absolute Gasteiger partial charge is 0.352 e. The van der Waals surface area contributed by atoms with Gasteiger partial charge in [0.1, 0.15) is 0 Å². The fraction of sp³-hybridized carbons (Fsp3) is 0.167. The van der Waals surface area contributed by atoms with Crippen molar-refractivity contribution in [1.29, 1.82) is 0 Å². The molecular formula is C18H17N3O2. The summed E-state index contributed by atoms with van der Waals surface area (Å²) in [5.74, 6) is -0.241. The minimum Gasteiger partial charge on any atom is -0.352 e. The topological polar surface area (TPSA) is 64.0 Å². The number of amides is 1. The average Bonchev–Trinajstić information content (AvgIpc) is 2.59. The Hall–Kier alpha value is -2.95. The van der Waals surface area contributed by atoms with Crippen molar-refractivity contribution >= 4 is 16.8 Å². The van der Waals surface area contributed by atoms with Crippen molar-refractivity contribution in [2.45, 2.75) is 6.42 Å². The van der Waals surface area contributed by atoms with Crippen molar-refractivity contribution in [3.05, 3.63) is 76.3 Å². The zero-order valence-corrected chi connectivity index (χ0v) is 12.8. The van der Waals surface area contributed by atoms with Crippen molar-refractivity contribution < 1.29 is 4.79 Å². The second kappa shape index (κ2) is 6.44. The zero-order chi connectivity index (χ0) is 16.2. The summed E-state index contributed by atoms with van der Waals surface area (Å²) in [6.07, 6.45) is 2.38. The zero-order valence-electron chi connectivity index (χ0n) is 12.8. The van der Waals surface area contributed by atoms with E-state index in [-0.39, 0.29) is 11.5 Å². The first-order chi connectivity index (χ1) is 11.2. The van der Waals surface area contributed by atoms with Gasteiger partial charge in [0.15, 0.2) is 0 Å². The molecule has 3 rings (SSSR count). The van der Waals surface area contributed by atoms with Crippen LogP contribution in [-0.4, -0.2) is 22.0 Å². The first-order valence-electron chi connectivity index (χ1n) is 7.43. The van der Waals surface area contributed by atoms with Crippen LogP contribution in [-0.2, 0) is 13.5 Å². The molecule has 0 saturated heterocycles. The van der Waals surface area contributed by atoms with E-state index in [1.54, 1.807) is 17.8 Å². The second-order valence-corrected chi connectivity index (χ2v) is 5.30. The molecule has 5 nitrogen and oxygen atoms in total. The number of para-hydroxylation sites is 1. The molecule has 23 heavy (non-hydrogen) atoms. The summed E-state index contributed by atoms with van der Waals surface area (Å²) in [5, 5.41) is 3.63. The Labute approximate surface area is 133 Å². The highest BCUT2D eigenvalue weighted by atomic mass is 16.2. The lowest BCUT2D eigenvalue weighted by Gasteiger charge is -2.10. The predicted octanol–water partition coefficient (Wildman–Crippen LogP) is 1.91. The minimum atomic E-state index is -0.241. The summed E-state index contributed by atoms with van der Waals surface area (Å²) in [5.41, 5.74) is 1.87. The van der Waals surface area contributed by atoms with Crippen molar-refractivity contribution in [1.82, 2.24) is 14.9 Å². The molecule has 0 saturated carbocycles. The third kappa shape index (κ3) is 3.13.